The summed E-state index contributed by atoms with van der Waals surface area (Å²) in [5, 5.41) is 17.9. The van der Waals surface area contributed by atoms with Crippen molar-refractivity contribution in [3.8, 4) is 0 Å². The van der Waals surface area contributed by atoms with Crippen molar-refractivity contribution in [2.45, 2.75) is 12.8 Å². The van der Waals surface area contributed by atoms with Crippen molar-refractivity contribution in [1.29, 1.82) is 0 Å². The molecule has 0 aliphatic heterocycles. The quantitative estimate of drug-likeness (QED) is 0.408. The number of hydrogen-bond donors (Lipinski definition) is 2. The van der Waals surface area contributed by atoms with E-state index in [0.717, 1.165) is 18.2 Å². The average Bonchev–Trinajstić information content (AvgIpc) is 2.49. The molecular formula is C15H16O7. The summed E-state index contributed by atoms with van der Waals surface area (Å²) < 4.78 is 9.86. The van der Waals surface area contributed by atoms with E-state index in [1.54, 1.807) is 0 Å². The molecule has 0 heterocycles. The lowest BCUT2D eigenvalue weighted by Crippen LogP contribution is -2.14. The molecule has 0 aliphatic carbocycles. The number of ether oxygens (including phenoxy) is 2. The highest BCUT2D eigenvalue weighted by Gasteiger charge is 2.20. The maximum absolute atomic E-state index is 11.9. The molecule has 0 spiro atoms. The Bertz CT molecular complexity index is 577. The molecule has 0 atom stereocenters. The average molecular weight is 308 g/mol. The number of benzene rings is 1. The van der Waals surface area contributed by atoms with Gasteiger partial charge < -0.3 is 19.7 Å². The normalized spacial score (nSPS) is 9.82. The van der Waals surface area contributed by atoms with Crippen LogP contribution in [0.1, 0.15) is 43.9 Å². The van der Waals surface area contributed by atoms with Gasteiger partial charge in [0.1, 0.15) is 0 Å². The number of rotatable bonds is 9. The van der Waals surface area contributed by atoms with Crippen LogP contribution >= 0.6 is 0 Å². The molecule has 0 amide bonds. The minimum Gasteiger partial charge on any atom is -0.502 e. The second-order valence-electron chi connectivity index (χ2n) is 4.25. The standard InChI is InChI=1S/C15H16O7/c1-2-21-7-3-4-8-22-15(20)12-9-10(13(16)17)5-6-11(12)14(18)19/h2,5-6,9H,1,3-4,7-8H2,(H,16,17)(H,18,19). The van der Waals surface area contributed by atoms with Gasteiger partial charge in [-0.05, 0) is 31.0 Å². The first-order valence-electron chi connectivity index (χ1n) is 6.47. The summed E-state index contributed by atoms with van der Waals surface area (Å²) in [4.78, 5) is 33.9. The van der Waals surface area contributed by atoms with Crippen LogP contribution in [-0.2, 0) is 9.47 Å². The second kappa shape index (κ2) is 8.46. The molecule has 0 saturated heterocycles. The van der Waals surface area contributed by atoms with Gasteiger partial charge in [-0.1, -0.05) is 6.58 Å². The van der Waals surface area contributed by atoms with E-state index >= 15 is 0 Å². The number of carboxylic acids is 2. The Morgan fingerprint density at radius 3 is 2.32 bits per heavy atom. The molecule has 118 valence electrons. The van der Waals surface area contributed by atoms with Gasteiger partial charge in [0.05, 0.1) is 36.2 Å². The molecule has 7 nitrogen and oxygen atoms in total. The molecular weight excluding hydrogens is 292 g/mol. The molecule has 0 fully saturated rings. The molecule has 22 heavy (non-hydrogen) atoms. The highest BCUT2D eigenvalue weighted by molar-refractivity contribution is 6.04. The summed E-state index contributed by atoms with van der Waals surface area (Å²) in [6.45, 7) is 3.90. The van der Waals surface area contributed by atoms with Crippen molar-refractivity contribution in [2.75, 3.05) is 13.2 Å². The van der Waals surface area contributed by atoms with E-state index in [9.17, 15) is 14.4 Å². The molecule has 0 unspecified atom stereocenters. The molecule has 0 aromatic heterocycles. The van der Waals surface area contributed by atoms with Crippen LogP contribution in [0.5, 0.6) is 0 Å². The highest BCUT2D eigenvalue weighted by atomic mass is 16.5. The molecule has 1 aromatic carbocycles. The first kappa shape index (κ1) is 17.2. The lowest BCUT2D eigenvalue weighted by Gasteiger charge is -2.08. The summed E-state index contributed by atoms with van der Waals surface area (Å²) in [5.41, 5.74) is -0.768. The van der Waals surface area contributed by atoms with Gasteiger partial charge in [0.25, 0.3) is 0 Å². The van der Waals surface area contributed by atoms with Gasteiger partial charge in [-0.25, -0.2) is 14.4 Å². The van der Waals surface area contributed by atoms with E-state index in [4.69, 9.17) is 19.7 Å². The third kappa shape index (κ3) is 4.93. The highest BCUT2D eigenvalue weighted by Crippen LogP contribution is 2.14. The predicted molar refractivity (Wildman–Crippen MR) is 76.0 cm³/mol. The SMILES string of the molecule is C=COCCCCOC(=O)c1cc(C(=O)O)ccc1C(=O)O. The van der Waals surface area contributed by atoms with Crippen LogP contribution in [0.4, 0.5) is 0 Å². The fraction of sp³-hybridized carbons (Fsp3) is 0.267. The predicted octanol–water partition coefficient (Wildman–Crippen LogP) is 2.18. The van der Waals surface area contributed by atoms with E-state index in [2.05, 4.69) is 6.58 Å². The van der Waals surface area contributed by atoms with Gasteiger partial charge in [0.2, 0.25) is 0 Å². The fourth-order valence-corrected chi connectivity index (χ4v) is 1.65. The minimum absolute atomic E-state index is 0.0791. The van der Waals surface area contributed by atoms with Crippen LogP contribution in [-0.4, -0.2) is 41.3 Å². The monoisotopic (exact) mass is 308 g/mol. The summed E-state index contributed by atoms with van der Waals surface area (Å²) in [5.74, 6) is -3.46. The van der Waals surface area contributed by atoms with Gasteiger partial charge in [-0.3, -0.25) is 0 Å². The number of esters is 1. The summed E-state index contributed by atoms with van der Waals surface area (Å²) in [6.07, 6.45) is 2.48. The zero-order valence-electron chi connectivity index (χ0n) is 11.8. The van der Waals surface area contributed by atoms with Crippen LogP contribution in [0.3, 0.4) is 0 Å². The van der Waals surface area contributed by atoms with E-state index in [1.807, 2.05) is 0 Å². The number of unbranched alkanes of at least 4 members (excludes halogenated alkanes) is 1. The number of aromatic carboxylic acids is 2. The van der Waals surface area contributed by atoms with Gasteiger partial charge in [0, 0.05) is 0 Å². The van der Waals surface area contributed by atoms with Crippen molar-refractivity contribution in [1.82, 2.24) is 0 Å². The number of hydrogen-bond acceptors (Lipinski definition) is 5. The maximum Gasteiger partial charge on any atom is 0.339 e. The van der Waals surface area contributed by atoms with E-state index in [0.29, 0.717) is 19.4 Å². The van der Waals surface area contributed by atoms with Crippen LogP contribution in [0, 0.1) is 0 Å². The van der Waals surface area contributed by atoms with Gasteiger partial charge in [0.15, 0.2) is 0 Å². The Balaban J connectivity index is 2.73. The zero-order chi connectivity index (χ0) is 16.5. The molecule has 7 heteroatoms. The Labute approximate surface area is 126 Å². The van der Waals surface area contributed by atoms with Gasteiger partial charge in [-0.2, -0.15) is 0 Å². The van der Waals surface area contributed by atoms with Crippen molar-refractivity contribution in [3.05, 3.63) is 47.7 Å². The fourth-order valence-electron chi connectivity index (χ4n) is 1.65. The molecule has 0 saturated carbocycles. The third-order valence-electron chi connectivity index (χ3n) is 2.72. The topological polar surface area (TPSA) is 110 Å². The van der Waals surface area contributed by atoms with Crippen LogP contribution < -0.4 is 0 Å². The van der Waals surface area contributed by atoms with Crippen molar-refractivity contribution >= 4 is 17.9 Å². The second-order valence-corrected chi connectivity index (χ2v) is 4.25. The first-order valence-corrected chi connectivity index (χ1v) is 6.47. The summed E-state index contributed by atoms with van der Waals surface area (Å²) in [7, 11) is 0. The Hall–Kier alpha value is -2.83. The smallest absolute Gasteiger partial charge is 0.339 e. The van der Waals surface area contributed by atoms with Crippen molar-refractivity contribution in [3.63, 3.8) is 0 Å². The van der Waals surface area contributed by atoms with Gasteiger partial charge >= 0.3 is 17.9 Å². The zero-order valence-corrected chi connectivity index (χ0v) is 11.8. The molecule has 0 aliphatic rings. The number of carbonyl (C=O) groups is 3. The van der Waals surface area contributed by atoms with Gasteiger partial charge in [-0.15, -0.1) is 0 Å². The Kier molecular flexibility index (Phi) is 6.62. The summed E-state index contributed by atoms with van der Waals surface area (Å²) in [6, 6.07) is 3.18. The van der Waals surface area contributed by atoms with Crippen molar-refractivity contribution < 1.29 is 34.1 Å². The van der Waals surface area contributed by atoms with Crippen LogP contribution in [0.2, 0.25) is 0 Å². The van der Waals surface area contributed by atoms with E-state index in [1.165, 1.54) is 6.26 Å². The number of carbonyl (C=O) groups excluding carboxylic acids is 1. The Morgan fingerprint density at radius 2 is 1.73 bits per heavy atom. The van der Waals surface area contributed by atoms with E-state index < -0.39 is 17.9 Å². The summed E-state index contributed by atoms with van der Waals surface area (Å²) >= 11 is 0. The first-order chi connectivity index (χ1) is 10.5. The lowest BCUT2D eigenvalue weighted by atomic mass is 10.0. The van der Waals surface area contributed by atoms with Crippen LogP contribution in [0.15, 0.2) is 31.0 Å². The number of carboxylic acid groups (broad SMARTS) is 2. The third-order valence-corrected chi connectivity index (χ3v) is 2.72. The largest absolute Gasteiger partial charge is 0.502 e. The molecule has 0 radical (unpaired) electrons. The van der Waals surface area contributed by atoms with Crippen molar-refractivity contribution in [2.24, 2.45) is 0 Å². The maximum atomic E-state index is 11.9. The Morgan fingerprint density at radius 1 is 1.05 bits per heavy atom. The van der Waals surface area contributed by atoms with Crippen LogP contribution in [0.25, 0.3) is 0 Å². The molecule has 1 rings (SSSR count). The molecule has 1 aromatic rings. The minimum atomic E-state index is -1.33. The molecule has 0 bridgehead atoms. The molecule has 2 N–H and O–H groups in total. The van der Waals surface area contributed by atoms with E-state index in [-0.39, 0.29) is 23.3 Å². The lowest BCUT2D eigenvalue weighted by molar-refractivity contribution is 0.0482.